The third-order valence-electron chi connectivity index (χ3n) is 3.00. The Hall–Kier alpha value is -2.66. The molecule has 21 heavy (non-hydrogen) atoms. The minimum Gasteiger partial charge on any atom is -0.478 e. The van der Waals surface area contributed by atoms with Gasteiger partial charge in [-0.1, -0.05) is 42.5 Å². The number of aromatic carboxylic acids is 1. The molecule has 0 aliphatic rings. The van der Waals surface area contributed by atoms with E-state index >= 15 is 0 Å². The number of aliphatic hydroxyl groups excluding tert-OH is 1. The van der Waals surface area contributed by atoms with Gasteiger partial charge in [-0.15, -0.1) is 0 Å². The van der Waals surface area contributed by atoms with Crippen molar-refractivity contribution in [3.05, 3.63) is 71.3 Å². The van der Waals surface area contributed by atoms with E-state index < -0.39 is 18.0 Å². The molecule has 3 N–H and O–H groups in total. The van der Waals surface area contributed by atoms with E-state index in [0.717, 1.165) is 0 Å². The Morgan fingerprint density at radius 2 is 1.76 bits per heavy atom. The SMILES string of the molecule is O=C(O)c1cccc(CNC(=O)C(O)c2ccccc2)c1. The van der Waals surface area contributed by atoms with Crippen molar-refractivity contribution in [1.29, 1.82) is 0 Å². The molecule has 1 atom stereocenters. The van der Waals surface area contributed by atoms with Crippen molar-refractivity contribution in [2.45, 2.75) is 12.6 Å². The molecule has 0 aliphatic heterocycles. The van der Waals surface area contributed by atoms with Crippen LogP contribution in [0.5, 0.6) is 0 Å². The van der Waals surface area contributed by atoms with Crippen LogP contribution in [-0.4, -0.2) is 22.1 Å². The number of carbonyl (C=O) groups is 2. The Balaban J connectivity index is 1.98. The molecule has 0 aliphatic carbocycles. The second-order valence-electron chi connectivity index (χ2n) is 4.54. The molecule has 0 aromatic heterocycles. The van der Waals surface area contributed by atoms with Gasteiger partial charge < -0.3 is 15.5 Å². The molecule has 0 radical (unpaired) electrons. The molecule has 0 heterocycles. The van der Waals surface area contributed by atoms with E-state index in [-0.39, 0.29) is 12.1 Å². The van der Waals surface area contributed by atoms with Gasteiger partial charge >= 0.3 is 5.97 Å². The van der Waals surface area contributed by atoms with E-state index in [4.69, 9.17) is 5.11 Å². The first-order chi connectivity index (χ1) is 10.1. The van der Waals surface area contributed by atoms with Crippen molar-refractivity contribution >= 4 is 11.9 Å². The Labute approximate surface area is 121 Å². The number of nitrogens with one attached hydrogen (secondary N) is 1. The fraction of sp³-hybridized carbons (Fsp3) is 0.125. The van der Waals surface area contributed by atoms with Gasteiger partial charge in [0.15, 0.2) is 6.10 Å². The Kier molecular flexibility index (Phi) is 4.68. The van der Waals surface area contributed by atoms with E-state index in [1.165, 1.54) is 12.1 Å². The van der Waals surface area contributed by atoms with Gasteiger partial charge in [-0.05, 0) is 23.3 Å². The van der Waals surface area contributed by atoms with Gasteiger partial charge in [0.1, 0.15) is 0 Å². The summed E-state index contributed by atoms with van der Waals surface area (Å²) < 4.78 is 0. The highest BCUT2D eigenvalue weighted by Gasteiger charge is 2.16. The van der Waals surface area contributed by atoms with Gasteiger partial charge in [0, 0.05) is 6.54 Å². The predicted octanol–water partition coefficient (Wildman–Crippen LogP) is 1.73. The molecule has 0 spiro atoms. The Morgan fingerprint density at radius 3 is 2.43 bits per heavy atom. The van der Waals surface area contributed by atoms with E-state index in [1.807, 2.05) is 0 Å². The average Bonchev–Trinajstić information content (AvgIpc) is 2.53. The quantitative estimate of drug-likeness (QED) is 0.781. The fourth-order valence-corrected chi connectivity index (χ4v) is 1.89. The highest BCUT2D eigenvalue weighted by molar-refractivity contribution is 5.87. The molecule has 0 saturated carbocycles. The summed E-state index contributed by atoms with van der Waals surface area (Å²) in [7, 11) is 0. The smallest absolute Gasteiger partial charge is 0.335 e. The van der Waals surface area contributed by atoms with Crippen LogP contribution < -0.4 is 5.32 Å². The standard InChI is InChI=1S/C16H15NO4/c18-14(12-6-2-1-3-7-12)15(19)17-10-11-5-4-8-13(9-11)16(20)21/h1-9,14,18H,10H2,(H,17,19)(H,20,21). The molecule has 108 valence electrons. The number of benzene rings is 2. The highest BCUT2D eigenvalue weighted by Crippen LogP contribution is 2.12. The van der Waals surface area contributed by atoms with Gasteiger partial charge in [0.05, 0.1) is 5.56 Å². The lowest BCUT2D eigenvalue weighted by Gasteiger charge is -2.11. The normalized spacial score (nSPS) is 11.7. The van der Waals surface area contributed by atoms with Crippen LogP contribution in [0.1, 0.15) is 27.6 Å². The van der Waals surface area contributed by atoms with Crippen molar-refractivity contribution in [1.82, 2.24) is 5.32 Å². The van der Waals surface area contributed by atoms with Crippen LogP contribution in [-0.2, 0) is 11.3 Å². The summed E-state index contributed by atoms with van der Waals surface area (Å²) >= 11 is 0. The summed E-state index contributed by atoms with van der Waals surface area (Å²) in [4.78, 5) is 22.7. The highest BCUT2D eigenvalue weighted by atomic mass is 16.4. The van der Waals surface area contributed by atoms with Crippen molar-refractivity contribution in [2.24, 2.45) is 0 Å². The van der Waals surface area contributed by atoms with Crippen LogP contribution in [0.2, 0.25) is 0 Å². The maximum absolute atomic E-state index is 11.9. The van der Waals surface area contributed by atoms with Crippen LogP contribution in [0.3, 0.4) is 0 Å². The van der Waals surface area contributed by atoms with Crippen LogP contribution in [0.15, 0.2) is 54.6 Å². The van der Waals surface area contributed by atoms with Gasteiger partial charge in [-0.25, -0.2) is 4.79 Å². The Morgan fingerprint density at radius 1 is 1.05 bits per heavy atom. The second-order valence-corrected chi connectivity index (χ2v) is 4.54. The molecular weight excluding hydrogens is 270 g/mol. The summed E-state index contributed by atoms with van der Waals surface area (Å²) in [5, 5.41) is 21.4. The summed E-state index contributed by atoms with van der Waals surface area (Å²) in [6.07, 6.45) is -1.24. The average molecular weight is 285 g/mol. The zero-order valence-corrected chi connectivity index (χ0v) is 11.2. The predicted molar refractivity (Wildman–Crippen MR) is 76.6 cm³/mol. The molecule has 0 saturated heterocycles. The second kappa shape index (κ2) is 6.67. The zero-order chi connectivity index (χ0) is 15.2. The number of aliphatic hydroxyl groups is 1. The summed E-state index contributed by atoms with van der Waals surface area (Å²) in [6.45, 7) is 0.157. The van der Waals surface area contributed by atoms with Crippen molar-refractivity contribution in [3.63, 3.8) is 0 Å². The first-order valence-corrected chi connectivity index (χ1v) is 6.41. The lowest BCUT2D eigenvalue weighted by molar-refractivity contribution is -0.129. The van der Waals surface area contributed by atoms with Crippen molar-refractivity contribution in [2.75, 3.05) is 0 Å². The first-order valence-electron chi connectivity index (χ1n) is 6.41. The van der Waals surface area contributed by atoms with Crippen LogP contribution in [0.4, 0.5) is 0 Å². The minimum atomic E-state index is -1.24. The lowest BCUT2D eigenvalue weighted by Crippen LogP contribution is -2.28. The third kappa shape index (κ3) is 3.90. The molecule has 2 rings (SSSR count). The Bertz CT molecular complexity index is 640. The summed E-state index contributed by atoms with van der Waals surface area (Å²) in [6, 6.07) is 14.9. The summed E-state index contributed by atoms with van der Waals surface area (Å²) in [5.41, 5.74) is 1.32. The molecule has 5 heteroatoms. The largest absolute Gasteiger partial charge is 0.478 e. The van der Waals surface area contributed by atoms with Crippen LogP contribution >= 0.6 is 0 Å². The number of amides is 1. The molecule has 0 fully saturated rings. The molecular formula is C16H15NO4. The molecule has 2 aromatic carbocycles. The number of hydrogen-bond donors (Lipinski definition) is 3. The third-order valence-corrected chi connectivity index (χ3v) is 3.00. The number of hydrogen-bond acceptors (Lipinski definition) is 3. The first kappa shape index (κ1) is 14.7. The maximum Gasteiger partial charge on any atom is 0.335 e. The maximum atomic E-state index is 11.9. The number of carboxylic acid groups (broad SMARTS) is 1. The van der Waals surface area contributed by atoms with Crippen molar-refractivity contribution in [3.8, 4) is 0 Å². The van der Waals surface area contributed by atoms with Crippen molar-refractivity contribution < 1.29 is 19.8 Å². The van der Waals surface area contributed by atoms with Gasteiger partial charge in [-0.2, -0.15) is 0 Å². The van der Waals surface area contributed by atoms with E-state index in [9.17, 15) is 14.7 Å². The molecule has 0 bridgehead atoms. The monoisotopic (exact) mass is 285 g/mol. The van der Waals surface area contributed by atoms with Gasteiger partial charge in [-0.3, -0.25) is 4.79 Å². The van der Waals surface area contributed by atoms with Gasteiger partial charge in [0.2, 0.25) is 0 Å². The fourth-order valence-electron chi connectivity index (χ4n) is 1.89. The molecule has 1 amide bonds. The summed E-state index contributed by atoms with van der Waals surface area (Å²) in [5.74, 6) is -1.55. The molecule has 5 nitrogen and oxygen atoms in total. The minimum absolute atomic E-state index is 0.157. The number of carboxylic acids is 1. The van der Waals surface area contributed by atoms with E-state index in [1.54, 1.807) is 42.5 Å². The van der Waals surface area contributed by atoms with Crippen LogP contribution in [0, 0.1) is 0 Å². The molecule has 2 aromatic rings. The number of carbonyl (C=O) groups excluding carboxylic acids is 1. The number of rotatable bonds is 5. The molecule has 1 unspecified atom stereocenters. The van der Waals surface area contributed by atoms with E-state index in [0.29, 0.717) is 11.1 Å². The zero-order valence-electron chi connectivity index (χ0n) is 11.2. The van der Waals surface area contributed by atoms with E-state index in [2.05, 4.69) is 5.32 Å². The van der Waals surface area contributed by atoms with Gasteiger partial charge in [0.25, 0.3) is 5.91 Å². The lowest BCUT2D eigenvalue weighted by atomic mass is 10.1. The topological polar surface area (TPSA) is 86.6 Å². The van der Waals surface area contributed by atoms with Crippen LogP contribution in [0.25, 0.3) is 0 Å².